The van der Waals surface area contributed by atoms with Gasteiger partial charge in [0.1, 0.15) is 6.33 Å². The highest BCUT2D eigenvalue weighted by Crippen LogP contribution is 2.27. The molecule has 100 valence electrons. The third-order valence-electron chi connectivity index (χ3n) is 2.64. The van der Waals surface area contributed by atoms with Crippen LogP contribution in [0.2, 0.25) is 0 Å². The van der Waals surface area contributed by atoms with Gasteiger partial charge in [-0.1, -0.05) is 0 Å². The number of benzene rings is 1. The van der Waals surface area contributed by atoms with Crippen LogP contribution in [0.5, 0.6) is 0 Å². The molecular formula is C11H13N5O3. The molecule has 1 aromatic carbocycles. The fourth-order valence-electron chi connectivity index (χ4n) is 1.68. The van der Waals surface area contributed by atoms with Crippen molar-refractivity contribution in [2.24, 2.45) is 0 Å². The summed E-state index contributed by atoms with van der Waals surface area (Å²) >= 11 is 0. The Morgan fingerprint density at radius 3 is 2.95 bits per heavy atom. The van der Waals surface area contributed by atoms with Gasteiger partial charge in [0.2, 0.25) is 0 Å². The molecule has 0 saturated heterocycles. The minimum absolute atomic E-state index is 0.0517. The minimum Gasteiger partial charge on any atom is -0.398 e. The molecule has 1 heterocycles. The Balaban J connectivity index is 2.36. The van der Waals surface area contributed by atoms with Crippen molar-refractivity contribution in [1.82, 2.24) is 14.8 Å². The molecule has 0 saturated carbocycles. The fourth-order valence-corrected chi connectivity index (χ4v) is 1.68. The Morgan fingerprint density at radius 2 is 2.32 bits per heavy atom. The van der Waals surface area contributed by atoms with Gasteiger partial charge in [0.15, 0.2) is 5.82 Å². The van der Waals surface area contributed by atoms with E-state index in [9.17, 15) is 10.1 Å². The molecule has 2 rings (SSSR count). The number of methoxy groups -OCH3 is 1. The highest BCUT2D eigenvalue weighted by molar-refractivity contribution is 5.73. The molecule has 1 aromatic heterocycles. The molecule has 0 unspecified atom stereocenters. The van der Waals surface area contributed by atoms with Gasteiger partial charge in [-0.05, 0) is 6.07 Å². The normalized spacial score (nSPS) is 10.6. The van der Waals surface area contributed by atoms with Crippen molar-refractivity contribution >= 4 is 11.4 Å². The number of non-ortho nitro benzene ring substituents is 1. The Hall–Kier alpha value is -2.48. The van der Waals surface area contributed by atoms with Crippen LogP contribution in [0.3, 0.4) is 0 Å². The van der Waals surface area contributed by atoms with Gasteiger partial charge in [0, 0.05) is 37.0 Å². The number of rotatable bonds is 5. The average Bonchev–Trinajstić information content (AvgIpc) is 2.84. The van der Waals surface area contributed by atoms with Crippen LogP contribution in [0.4, 0.5) is 11.4 Å². The van der Waals surface area contributed by atoms with E-state index in [0.29, 0.717) is 30.2 Å². The number of aromatic nitrogens is 3. The Morgan fingerprint density at radius 1 is 1.53 bits per heavy atom. The SMILES string of the molecule is COCCn1cnnc1-c1ccc([N+](=O)[O-])cc1N. The molecule has 8 nitrogen and oxygen atoms in total. The molecule has 0 fully saturated rings. The van der Waals surface area contributed by atoms with Gasteiger partial charge in [-0.25, -0.2) is 0 Å². The number of nitro benzene ring substituents is 1. The first-order valence-electron chi connectivity index (χ1n) is 5.54. The first kappa shape index (κ1) is 13.0. The quantitative estimate of drug-likeness (QED) is 0.491. The number of nitrogens with zero attached hydrogens (tertiary/aromatic N) is 4. The summed E-state index contributed by atoms with van der Waals surface area (Å²) in [4.78, 5) is 10.2. The van der Waals surface area contributed by atoms with Crippen molar-refractivity contribution in [3.63, 3.8) is 0 Å². The molecule has 0 spiro atoms. The molecule has 0 aliphatic carbocycles. The largest absolute Gasteiger partial charge is 0.398 e. The number of anilines is 1. The van der Waals surface area contributed by atoms with E-state index in [1.807, 2.05) is 0 Å². The zero-order chi connectivity index (χ0) is 13.8. The molecule has 0 radical (unpaired) electrons. The van der Waals surface area contributed by atoms with Crippen LogP contribution in [0.15, 0.2) is 24.5 Å². The Labute approximate surface area is 109 Å². The maximum absolute atomic E-state index is 10.7. The lowest BCUT2D eigenvalue weighted by Crippen LogP contribution is -2.06. The van der Waals surface area contributed by atoms with Crippen LogP contribution >= 0.6 is 0 Å². The smallest absolute Gasteiger partial charge is 0.271 e. The van der Waals surface area contributed by atoms with E-state index >= 15 is 0 Å². The van der Waals surface area contributed by atoms with Gasteiger partial charge < -0.3 is 15.0 Å². The summed E-state index contributed by atoms with van der Waals surface area (Å²) in [5, 5.41) is 18.5. The van der Waals surface area contributed by atoms with E-state index in [-0.39, 0.29) is 5.69 Å². The van der Waals surface area contributed by atoms with E-state index in [1.165, 1.54) is 12.1 Å². The van der Waals surface area contributed by atoms with Crippen LogP contribution in [0.25, 0.3) is 11.4 Å². The lowest BCUT2D eigenvalue weighted by Gasteiger charge is -2.07. The highest BCUT2D eigenvalue weighted by Gasteiger charge is 2.14. The number of nitrogens with two attached hydrogens (primary N) is 1. The first-order chi connectivity index (χ1) is 9.13. The van der Waals surface area contributed by atoms with Crippen LogP contribution in [0.1, 0.15) is 0 Å². The topological polar surface area (TPSA) is 109 Å². The van der Waals surface area contributed by atoms with Gasteiger partial charge in [-0.2, -0.15) is 0 Å². The summed E-state index contributed by atoms with van der Waals surface area (Å²) in [6.45, 7) is 1.09. The summed E-state index contributed by atoms with van der Waals surface area (Å²) in [7, 11) is 1.60. The van der Waals surface area contributed by atoms with E-state index < -0.39 is 4.92 Å². The highest BCUT2D eigenvalue weighted by atomic mass is 16.6. The van der Waals surface area contributed by atoms with E-state index in [4.69, 9.17) is 10.5 Å². The second kappa shape index (κ2) is 5.44. The predicted octanol–water partition coefficient (Wildman–Crippen LogP) is 1.08. The van der Waals surface area contributed by atoms with Gasteiger partial charge in [0.25, 0.3) is 5.69 Å². The van der Waals surface area contributed by atoms with E-state index in [0.717, 1.165) is 0 Å². The summed E-state index contributed by atoms with van der Waals surface area (Å²) in [5.74, 6) is 0.560. The van der Waals surface area contributed by atoms with Crippen molar-refractivity contribution in [2.45, 2.75) is 6.54 Å². The molecule has 0 aliphatic rings. The first-order valence-corrected chi connectivity index (χ1v) is 5.54. The van der Waals surface area contributed by atoms with Crippen LogP contribution in [0, 0.1) is 10.1 Å². The number of nitro groups is 1. The Kier molecular flexibility index (Phi) is 3.71. The van der Waals surface area contributed by atoms with Crippen molar-refractivity contribution in [3.8, 4) is 11.4 Å². The summed E-state index contributed by atoms with van der Waals surface area (Å²) < 4.78 is 6.77. The maximum Gasteiger partial charge on any atom is 0.271 e. The molecule has 2 aromatic rings. The number of ether oxygens (including phenoxy) is 1. The van der Waals surface area contributed by atoms with Crippen molar-refractivity contribution in [2.75, 3.05) is 19.5 Å². The number of nitrogen functional groups attached to an aromatic ring is 1. The molecule has 19 heavy (non-hydrogen) atoms. The second-order valence-electron chi connectivity index (χ2n) is 3.87. The summed E-state index contributed by atoms with van der Waals surface area (Å²) in [6, 6.07) is 4.27. The van der Waals surface area contributed by atoms with Gasteiger partial charge in [0.05, 0.1) is 11.5 Å². The van der Waals surface area contributed by atoms with Crippen molar-refractivity contribution < 1.29 is 9.66 Å². The molecule has 0 aliphatic heterocycles. The number of hydrogen-bond donors (Lipinski definition) is 1. The molecule has 0 atom stereocenters. The molecule has 8 heteroatoms. The predicted molar refractivity (Wildman–Crippen MR) is 68.4 cm³/mol. The molecular weight excluding hydrogens is 250 g/mol. The standard InChI is InChI=1S/C11H13N5O3/c1-19-5-4-15-7-13-14-11(15)9-3-2-8(16(17)18)6-10(9)12/h2-3,6-7H,4-5,12H2,1H3. The van der Waals surface area contributed by atoms with Gasteiger partial charge in [-0.3, -0.25) is 10.1 Å². The third-order valence-corrected chi connectivity index (χ3v) is 2.64. The van der Waals surface area contributed by atoms with Gasteiger partial charge >= 0.3 is 0 Å². The second-order valence-corrected chi connectivity index (χ2v) is 3.87. The summed E-state index contributed by atoms with van der Waals surface area (Å²) in [5.41, 5.74) is 6.68. The molecule has 0 bridgehead atoms. The average molecular weight is 263 g/mol. The van der Waals surface area contributed by atoms with E-state index in [2.05, 4.69) is 10.2 Å². The maximum atomic E-state index is 10.7. The lowest BCUT2D eigenvalue weighted by molar-refractivity contribution is -0.384. The van der Waals surface area contributed by atoms with E-state index in [1.54, 1.807) is 24.1 Å². The van der Waals surface area contributed by atoms with Crippen molar-refractivity contribution in [1.29, 1.82) is 0 Å². The molecule has 0 amide bonds. The number of hydrogen-bond acceptors (Lipinski definition) is 6. The van der Waals surface area contributed by atoms with Gasteiger partial charge in [-0.15, -0.1) is 10.2 Å². The van der Waals surface area contributed by atoms with Crippen LogP contribution in [-0.2, 0) is 11.3 Å². The zero-order valence-electron chi connectivity index (χ0n) is 10.3. The molecule has 2 N–H and O–H groups in total. The fraction of sp³-hybridized carbons (Fsp3) is 0.273. The van der Waals surface area contributed by atoms with Crippen molar-refractivity contribution in [3.05, 3.63) is 34.6 Å². The summed E-state index contributed by atoms with van der Waals surface area (Å²) in [6.07, 6.45) is 1.56. The third kappa shape index (κ3) is 2.68. The Bertz CT molecular complexity index is 596. The lowest BCUT2D eigenvalue weighted by atomic mass is 10.1. The zero-order valence-corrected chi connectivity index (χ0v) is 10.3. The monoisotopic (exact) mass is 263 g/mol. The van der Waals surface area contributed by atoms with Crippen LogP contribution < -0.4 is 5.73 Å². The minimum atomic E-state index is -0.490. The van der Waals surface area contributed by atoms with Crippen LogP contribution in [-0.4, -0.2) is 33.4 Å².